The Labute approximate surface area is 182 Å². The van der Waals surface area contributed by atoms with Crippen molar-refractivity contribution in [3.63, 3.8) is 0 Å². The summed E-state index contributed by atoms with van der Waals surface area (Å²) in [4.78, 5) is 12.1. The number of carbonyl (C=O) groups is 1. The normalized spacial score (nSPS) is 10.9. The summed E-state index contributed by atoms with van der Waals surface area (Å²) in [5.41, 5.74) is 0.721. The van der Waals surface area contributed by atoms with Crippen LogP contribution in [0, 0.1) is 0 Å². The minimum Gasteiger partial charge on any atom is -0.352 e. The molecule has 1 aromatic rings. The summed E-state index contributed by atoms with van der Waals surface area (Å²) >= 11 is 3.43. The number of benzene rings is 1. The first-order valence-corrected chi connectivity index (χ1v) is 12.6. The molecule has 0 saturated carbocycles. The third-order valence-corrected chi connectivity index (χ3v) is 6.13. The van der Waals surface area contributed by atoms with Crippen molar-refractivity contribution in [1.29, 1.82) is 0 Å². The van der Waals surface area contributed by atoms with Gasteiger partial charge >= 0.3 is 0 Å². The predicted molar refractivity (Wildman–Crippen MR) is 126 cm³/mol. The molecular weight excluding hydrogens is 410 g/mol. The summed E-state index contributed by atoms with van der Waals surface area (Å²) in [6, 6.07) is 7.58. The van der Waals surface area contributed by atoms with Crippen molar-refractivity contribution in [2.24, 2.45) is 0 Å². The number of carbonyl (C=O) groups excluding carboxylic acids is 1. The van der Waals surface area contributed by atoms with E-state index < -0.39 is 0 Å². The molecule has 0 atom stereocenters. The highest BCUT2D eigenvalue weighted by Crippen LogP contribution is 2.16. The van der Waals surface area contributed by atoms with E-state index in [9.17, 15) is 4.79 Å². The van der Waals surface area contributed by atoms with Crippen LogP contribution in [-0.2, 0) is 0 Å². The van der Waals surface area contributed by atoms with Crippen molar-refractivity contribution in [1.82, 2.24) is 5.32 Å². The van der Waals surface area contributed by atoms with Gasteiger partial charge in [-0.15, -0.1) is 0 Å². The molecule has 0 spiro atoms. The van der Waals surface area contributed by atoms with Crippen LogP contribution in [0.2, 0.25) is 0 Å². The summed E-state index contributed by atoms with van der Waals surface area (Å²) < 4.78 is 0.861. The van der Waals surface area contributed by atoms with Crippen LogP contribution >= 0.6 is 15.9 Å². The first-order valence-electron chi connectivity index (χ1n) is 11.8. The van der Waals surface area contributed by atoms with Crippen molar-refractivity contribution in [2.75, 3.05) is 6.54 Å². The molecule has 0 aliphatic heterocycles. The fourth-order valence-electron chi connectivity index (χ4n) is 3.62. The van der Waals surface area contributed by atoms with Crippen molar-refractivity contribution in [3.8, 4) is 0 Å². The lowest BCUT2D eigenvalue weighted by Crippen LogP contribution is -2.24. The first-order chi connectivity index (χ1) is 13.8. The van der Waals surface area contributed by atoms with Gasteiger partial charge in [-0.2, -0.15) is 0 Å². The van der Waals surface area contributed by atoms with E-state index in [1.807, 2.05) is 24.3 Å². The highest BCUT2D eigenvalue weighted by Gasteiger charge is 2.07. The van der Waals surface area contributed by atoms with E-state index in [0.717, 1.165) is 23.0 Å². The van der Waals surface area contributed by atoms with Gasteiger partial charge in [0.2, 0.25) is 0 Å². The quantitative estimate of drug-likeness (QED) is 0.222. The molecule has 0 radical (unpaired) electrons. The topological polar surface area (TPSA) is 29.1 Å². The molecule has 1 rings (SSSR count). The molecule has 1 aromatic carbocycles. The molecule has 28 heavy (non-hydrogen) atoms. The molecule has 0 fully saturated rings. The van der Waals surface area contributed by atoms with Gasteiger partial charge in [0.15, 0.2) is 0 Å². The van der Waals surface area contributed by atoms with Gasteiger partial charge in [0, 0.05) is 11.0 Å². The minimum atomic E-state index is 0.0217. The summed E-state index contributed by atoms with van der Waals surface area (Å²) in [6.07, 6.45) is 22.0. The third kappa shape index (κ3) is 13.4. The van der Waals surface area contributed by atoms with Gasteiger partial charge in [0.25, 0.3) is 5.91 Å². The van der Waals surface area contributed by atoms with E-state index in [-0.39, 0.29) is 5.91 Å². The van der Waals surface area contributed by atoms with Gasteiger partial charge in [-0.05, 0) is 34.5 Å². The van der Waals surface area contributed by atoms with Crippen LogP contribution in [0.25, 0.3) is 0 Å². The molecule has 0 unspecified atom stereocenters. The number of hydrogen-bond acceptors (Lipinski definition) is 1. The summed E-state index contributed by atoms with van der Waals surface area (Å²) in [5.74, 6) is 0.0217. The summed E-state index contributed by atoms with van der Waals surface area (Å²) in [6.45, 7) is 3.06. The van der Waals surface area contributed by atoms with E-state index >= 15 is 0 Å². The van der Waals surface area contributed by atoms with E-state index in [2.05, 4.69) is 28.2 Å². The lowest BCUT2D eigenvalue weighted by molar-refractivity contribution is 0.0952. The highest BCUT2D eigenvalue weighted by atomic mass is 79.9. The predicted octanol–water partition coefficient (Wildman–Crippen LogP) is 8.44. The van der Waals surface area contributed by atoms with E-state index in [0.29, 0.717) is 0 Å². The fraction of sp³-hybridized carbons (Fsp3) is 0.720. The molecule has 0 saturated heterocycles. The molecule has 0 aliphatic carbocycles. The van der Waals surface area contributed by atoms with Crippen LogP contribution < -0.4 is 5.32 Å². The first kappa shape index (κ1) is 25.2. The van der Waals surface area contributed by atoms with Gasteiger partial charge in [0.1, 0.15) is 0 Å². The van der Waals surface area contributed by atoms with Gasteiger partial charge < -0.3 is 5.32 Å². The van der Waals surface area contributed by atoms with Gasteiger partial charge in [-0.3, -0.25) is 4.79 Å². The molecule has 160 valence electrons. The van der Waals surface area contributed by atoms with Crippen LogP contribution in [0.5, 0.6) is 0 Å². The molecule has 0 heterocycles. The van der Waals surface area contributed by atoms with Crippen LogP contribution in [0.1, 0.15) is 120 Å². The molecule has 0 aromatic heterocycles. The highest BCUT2D eigenvalue weighted by molar-refractivity contribution is 9.10. The molecule has 2 nitrogen and oxygen atoms in total. The molecular formula is C25H42BrNO. The minimum absolute atomic E-state index is 0.0217. The molecule has 0 bridgehead atoms. The maximum atomic E-state index is 12.1. The Kier molecular flexibility index (Phi) is 16.4. The van der Waals surface area contributed by atoms with Gasteiger partial charge in [-0.25, -0.2) is 0 Å². The zero-order valence-electron chi connectivity index (χ0n) is 18.1. The standard InChI is InChI=1S/C25H42BrNO/c1-2-3-4-5-6-7-8-9-10-11-12-13-14-15-16-19-22-27-25(28)23-20-17-18-21-24(23)26/h17-18,20-21H,2-16,19,22H2,1H3,(H,27,28). The lowest BCUT2D eigenvalue weighted by Gasteiger charge is -2.07. The maximum Gasteiger partial charge on any atom is 0.252 e. The molecule has 0 aliphatic rings. The Morgan fingerprint density at radius 1 is 0.714 bits per heavy atom. The van der Waals surface area contributed by atoms with E-state index in [4.69, 9.17) is 0 Å². The van der Waals surface area contributed by atoms with E-state index in [1.165, 1.54) is 96.3 Å². The smallest absolute Gasteiger partial charge is 0.252 e. The Morgan fingerprint density at radius 2 is 1.14 bits per heavy atom. The Balaban J connectivity index is 1.80. The second-order valence-electron chi connectivity index (χ2n) is 8.04. The number of hydrogen-bond donors (Lipinski definition) is 1. The van der Waals surface area contributed by atoms with E-state index in [1.54, 1.807) is 0 Å². The molecule has 1 amide bonds. The number of nitrogens with one attached hydrogen (secondary N) is 1. The van der Waals surface area contributed by atoms with Crippen molar-refractivity contribution < 1.29 is 4.79 Å². The fourth-order valence-corrected chi connectivity index (χ4v) is 4.08. The monoisotopic (exact) mass is 451 g/mol. The zero-order valence-corrected chi connectivity index (χ0v) is 19.7. The zero-order chi connectivity index (χ0) is 20.3. The number of unbranched alkanes of at least 4 members (excludes halogenated alkanes) is 15. The SMILES string of the molecule is CCCCCCCCCCCCCCCCCCNC(=O)c1ccccc1Br. The molecule has 1 N–H and O–H groups in total. The summed E-state index contributed by atoms with van der Waals surface area (Å²) in [7, 11) is 0. The van der Waals surface area contributed by atoms with Gasteiger partial charge in [-0.1, -0.05) is 115 Å². The number of halogens is 1. The van der Waals surface area contributed by atoms with Crippen molar-refractivity contribution >= 4 is 21.8 Å². The van der Waals surface area contributed by atoms with Gasteiger partial charge in [0.05, 0.1) is 5.56 Å². The Hall–Kier alpha value is -0.830. The average molecular weight is 453 g/mol. The molecule has 3 heteroatoms. The number of rotatable bonds is 18. The Morgan fingerprint density at radius 3 is 1.61 bits per heavy atom. The largest absolute Gasteiger partial charge is 0.352 e. The maximum absolute atomic E-state index is 12.1. The Bertz CT molecular complexity index is 503. The second kappa shape index (κ2) is 18.2. The third-order valence-electron chi connectivity index (χ3n) is 5.43. The van der Waals surface area contributed by atoms with Crippen molar-refractivity contribution in [3.05, 3.63) is 34.3 Å². The average Bonchev–Trinajstić information content (AvgIpc) is 2.70. The summed E-state index contributed by atoms with van der Waals surface area (Å²) in [5, 5.41) is 3.02. The van der Waals surface area contributed by atoms with Crippen molar-refractivity contribution in [2.45, 2.75) is 110 Å². The van der Waals surface area contributed by atoms with Crippen LogP contribution in [-0.4, -0.2) is 12.5 Å². The van der Waals surface area contributed by atoms with Crippen LogP contribution in [0.4, 0.5) is 0 Å². The van der Waals surface area contributed by atoms with Crippen LogP contribution in [0.15, 0.2) is 28.7 Å². The van der Waals surface area contributed by atoms with Crippen LogP contribution in [0.3, 0.4) is 0 Å². The second-order valence-corrected chi connectivity index (χ2v) is 8.89. The number of amides is 1. The lowest BCUT2D eigenvalue weighted by atomic mass is 10.0.